The van der Waals surface area contributed by atoms with Gasteiger partial charge in [0.2, 0.25) is 0 Å². The van der Waals surface area contributed by atoms with E-state index in [0.717, 1.165) is 64.2 Å². The molecule has 82 heavy (non-hydrogen) atoms. The smallest absolute Gasteiger partial charge is 0.462 e. The first-order chi connectivity index (χ1) is 40.2. The van der Waals surface area contributed by atoms with E-state index in [4.69, 9.17) is 23.3 Å². The highest BCUT2D eigenvalue weighted by Crippen LogP contribution is 2.43. The summed E-state index contributed by atoms with van der Waals surface area (Å²) in [6, 6.07) is 0. The van der Waals surface area contributed by atoms with Crippen molar-refractivity contribution in [2.45, 2.75) is 393 Å². The van der Waals surface area contributed by atoms with Gasteiger partial charge < -0.3 is 24.2 Å². The molecule has 0 aromatic carbocycles. The fourth-order valence-corrected chi connectivity index (χ4v) is 11.6. The molecule has 2 N–H and O–H groups in total. The summed E-state index contributed by atoms with van der Waals surface area (Å²) in [5.74, 6) is -1.42. The van der Waals surface area contributed by atoms with Crippen LogP contribution in [0.3, 0.4) is 0 Å². The normalized spacial score (nSPS) is 13.2. The molecule has 0 radical (unpaired) electrons. The maximum atomic E-state index is 13.0. The van der Waals surface area contributed by atoms with Gasteiger partial charge in [-0.15, -0.1) is 0 Å². The van der Waals surface area contributed by atoms with Crippen molar-refractivity contribution in [1.82, 2.24) is 0 Å². The predicted octanol–water partition coefficient (Wildman–Crippen LogP) is 21.9. The van der Waals surface area contributed by atoms with Gasteiger partial charge in [0.25, 0.3) is 0 Å². The number of allylic oxidation sites excluding steroid dienone is 2. The van der Waals surface area contributed by atoms with Crippen molar-refractivity contribution in [3.8, 4) is 0 Å². The van der Waals surface area contributed by atoms with Gasteiger partial charge in [0.15, 0.2) is 6.10 Å². The summed E-state index contributed by atoms with van der Waals surface area (Å²) >= 11 is 0. The highest BCUT2D eigenvalue weighted by Gasteiger charge is 2.28. The van der Waals surface area contributed by atoms with Crippen molar-refractivity contribution in [3.63, 3.8) is 0 Å². The average Bonchev–Trinajstić information content (AvgIpc) is 3.49. The topological polar surface area (TPSA) is 155 Å². The van der Waals surface area contributed by atoms with Crippen molar-refractivity contribution in [2.75, 3.05) is 26.4 Å². The van der Waals surface area contributed by atoms with E-state index in [1.54, 1.807) is 0 Å². The lowest BCUT2D eigenvalue weighted by atomic mass is 10.0. The van der Waals surface area contributed by atoms with Gasteiger partial charge >= 0.3 is 25.7 Å². The van der Waals surface area contributed by atoms with E-state index in [-0.39, 0.29) is 25.9 Å². The van der Waals surface area contributed by atoms with E-state index in [9.17, 15) is 28.9 Å². The van der Waals surface area contributed by atoms with E-state index >= 15 is 0 Å². The molecule has 12 heteroatoms. The molecule has 0 saturated carbocycles. The summed E-state index contributed by atoms with van der Waals surface area (Å²) in [7, 11) is -4.75. The van der Waals surface area contributed by atoms with E-state index in [2.05, 4.69) is 32.9 Å². The molecule has 3 unspecified atom stereocenters. The van der Waals surface area contributed by atoms with Crippen LogP contribution in [0.2, 0.25) is 0 Å². The second-order valence-corrected chi connectivity index (χ2v) is 25.9. The number of aliphatic hydroxyl groups is 1. The van der Waals surface area contributed by atoms with Crippen LogP contribution in [0, 0.1) is 0 Å². The summed E-state index contributed by atoms with van der Waals surface area (Å²) < 4.78 is 39.8. The number of rotatable bonds is 68. The van der Waals surface area contributed by atoms with Crippen LogP contribution < -0.4 is 0 Å². The van der Waals surface area contributed by atoms with Gasteiger partial charge in [0.05, 0.1) is 19.8 Å². The minimum Gasteiger partial charge on any atom is -0.462 e. The third kappa shape index (κ3) is 62.7. The van der Waals surface area contributed by atoms with Gasteiger partial charge in [0.1, 0.15) is 12.7 Å². The minimum absolute atomic E-state index is 0.178. The Morgan fingerprint density at radius 3 is 0.841 bits per heavy atom. The monoisotopic (exact) mass is 1180 g/mol. The Morgan fingerprint density at radius 2 is 0.561 bits per heavy atom. The first kappa shape index (κ1) is 80.2. The highest BCUT2D eigenvalue weighted by atomic mass is 31.2. The number of ether oxygens (including phenoxy) is 3. The standard InChI is InChI=1S/C70H135O11P/c1-4-7-10-13-16-19-22-25-28-31-33-36-38-41-44-47-50-53-56-59-68(72)77-63-67(81-70(74)61-58-55-52-49-46-43-40-37-34-32-29-26-23-20-17-14-11-8-5-2)65-79-82(75,76)78-64-66(62-71)80-69(73)60-57-54-51-48-45-42-39-35-30-27-24-21-18-15-12-9-6-3/h27,30,66-67,71H,4-26,28-29,31-65H2,1-3H3,(H,75,76)/b30-27-. The molecule has 11 nitrogen and oxygen atoms in total. The molecular formula is C70H135O11P. The first-order valence-corrected chi connectivity index (χ1v) is 37.1. The van der Waals surface area contributed by atoms with Gasteiger partial charge in [-0.1, -0.05) is 328 Å². The average molecular weight is 1180 g/mol. The molecule has 486 valence electrons. The molecule has 0 rings (SSSR count). The lowest BCUT2D eigenvalue weighted by Crippen LogP contribution is -2.30. The van der Waals surface area contributed by atoms with Gasteiger partial charge in [-0.05, 0) is 44.9 Å². The predicted molar refractivity (Wildman–Crippen MR) is 344 cm³/mol. The lowest BCUT2D eigenvalue weighted by molar-refractivity contribution is -0.161. The van der Waals surface area contributed by atoms with E-state index < -0.39 is 57.8 Å². The number of aliphatic hydroxyl groups excluding tert-OH is 1. The Bertz CT molecular complexity index is 1430. The number of hydrogen-bond acceptors (Lipinski definition) is 10. The Hall–Kier alpha value is -1.78. The molecule has 3 atom stereocenters. The molecule has 0 spiro atoms. The second-order valence-electron chi connectivity index (χ2n) is 24.4. The number of phosphoric ester groups is 1. The maximum absolute atomic E-state index is 13.0. The van der Waals surface area contributed by atoms with Gasteiger partial charge in [-0.2, -0.15) is 0 Å². The van der Waals surface area contributed by atoms with Gasteiger partial charge in [-0.3, -0.25) is 23.4 Å². The Kier molecular flexibility index (Phi) is 63.8. The van der Waals surface area contributed by atoms with Gasteiger partial charge in [-0.25, -0.2) is 4.57 Å². The van der Waals surface area contributed by atoms with Crippen molar-refractivity contribution in [2.24, 2.45) is 0 Å². The Morgan fingerprint density at radius 1 is 0.329 bits per heavy atom. The van der Waals surface area contributed by atoms with Crippen molar-refractivity contribution < 1.29 is 52.2 Å². The zero-order chi connectivity index (χ0) is 59.8. The van der Waals surface area contributed by atoms with Crippen LogP contribution in [0.25, 0.3) is 0 Å². The first-order valence-electron chi connectivity index (χ1n) is 35.6. The fourth-order valence-electron chi connectivity index (χ4n) is 10.8. The molecule has 0 aliphatic rings. The molecule has 0 aliphatic carbocycles. The molecular weight excluding hydrogens is 1050 g/mol. The molecule has 0 bridgehead atoms. The number of unbranched alkanes of at least 4 members (excludes halogenated alkanes) is 49. The van der Waals surface area contributed by atoms with Gasteiger partial charge in [0, 0.05) is 19.3 Å². The number of hydrogen-bond donors (Lipinski definition) is 2. The van der Waals surface area contributed by atoms with Crippen LogP contribution in [0.15, 0.2) is 12.2 Å². The molecule has 0 aromatic rings. The van der Waals surface area contributed by atoms with E-state index in [0.29, 0.717) is 19.3 Å². The quantitative estimate of drug-likeness (QED) is 0.0197. The number of carbonyl (C=O) groups is 3. The summed E-state index contributed by atoms with van der Waals surface area (Å²) in [5.41, 5.74) is 0. The summed E-state index contributed by atoms with van der Waals surface area (Å²) in [6.45, 7) is 4.76. The molecule has 0 heterocycles. The molecule has 0 aromatic heterocycles. The summed E-state index contributed by atoms with van der Waals surface area (Å²) in [4.78, 5) is 48.9. The van der Waals surface area contributed by atoms with Crippen LogP contribution in [0.1, 0.15) is 380 Å². The van der Waals surface area contributed by atoms with Crippen LogP contribution in [0.4, 0.5) is 0 Å². The van der Waals surface area contributed by atoms with E-state index in [1.165, 1.54) is 257 Å². The minimum atomic E-state index is -4.75. The SMILES string of the molecule is CCCCCCCC/C=C\CCCCCCCCCC(=O)OC(CO)COP(=O)(O)OCC(COC(=O)CCCCCCCCCCCCCCCCCCCCC)OC(=O)CCCCCCCCCCCCCCCCCCCCC. The van der Waals surface area contributed by atoms with Crippen LogP contribution in [0.5, 0.6) is 0 Å². The maximum Gasteiger partial charge on any atom is 0.472 e. The highest BCUT2D eigenvalue weighted by molar-refractivity contribution is 7.47. The van der Waals surface area contributed by atoms with Crippen LogP contribution in [-0.2, 0) is 42.2 Å². The lowest BCUT2D eigenvalue weighted by Gasteiger charge is -2.21. The number of carbonyl (C=O) groups excluding carboxylic acids is 3. The summed E-state index contributed by atoms with van der Waals surface area (Å²) in [5, 5.41) is 9.88. The second kappa shape index (κ2) is 65.2. The third-order valence-corrected chi connectivity index (χ3v) is 17.1. The van der Waals surface area contributed by atoms with E-state index in [1.807, 2.05) is 0 Å². The molecule has 0 saturated heterocycles. The number of phosphoric acid groups is 1. The molecule has 0 amide bonds. The molecule has 0 fully saturated rings. The Labute approximate surface area is 506 Å². The van der Waals surface area contributed by atoms with Crippen LogP contribution >= 0.6 is 7.82 Å². The van der Waals surface area contributed by atoms with Crippen molar-refractivity contribution in [3.05, 3.63) is 12.2 Å². The zero-order valence-corrected chi connectivity index (χ0v) is 55.1. The van der Waals surface area contributed by atoms with Crippen molar-refractivity contribution in [1.29, 1.82) is 0 Å². The third-order valence-electron chi connectivity index (χ3n) is 16.2. The largest absolute Gasteiger partial charge is 0.472 e. The zero-order valence-electron chi connectivity index (χ0n) is 54.3. The molecule has 0 aliphatic heterocycles. The van der Waals surface area contributed by atoms with Crippen molar-refractivity contribution >= 4 is 25.7 Å². The summed E-state index contributed by atoms with van der Waals surface area (Å²) in [6.07, 6.45) is 68.8. The number of esters is 3. The Balaban J connectivity index is 4.61. The fraction of sp³-hybridized carbons (Fsp3) is 0.929. The van der Waals surface area contributed by atoms with Crippen LogP contribution in [-0.4, -0.2) is 66.5 Å².